The van der Waals surface area contributed by atoms with E-state index in [1.54, 1.807) is 25.3 Å². The molecule has 0 saturated carbocycles. The second-order valence-corrected chi connectivity index (χ2v) is 20.5. The van der Waals surface area contributed by atoms with Gasteiger partial charge in [0.05, 0.1) is 34.8 Å². The number of hydrazine groups is 1. The highest BCUT2D eigenvalue weighted by Crippen LogP contribution is 2.42. The van der Waals surface area contributed by atoms with Crippen LogP contribution in [-0.4, -0.2) is 121 Å². The summed E-state index contributed by atoms with van der Waals surface area (Å²) in [5, 5.41) is 7.07. The zero-order valence-corrected chi connectivity index (χ0v) is 39.3. The Labute approximate surface area is 359 Å². The van der Waals surface area contributed by atoms with Gasteiger partial charge in [-0.05, 0) is 75.3 Å². The molecule has 4 amide bonds. The number of carbonyl (C=O) groups is 4. The van der Waals surface area contributed by atoms with E-state index >= 15 is 0 Å². The number of esters is 1. The number of hydrogen-bond acceptors (Lipinski definition) is 10. The van der Waals surface area contributed by atoms with Gasteiger partial charge in [-0.1, -0.05) is 33.8 Å². The number of ether oxygens (including phenoxy) is 2. The molecule has 2 N–H and O–H groups in total. The van der Waals surface area contributed by atoms with E-state index in [-0.39, 0.29) is 47.2 Å². The van der Waals surface area contributed by atoms with Crippen LogP contribution in [0.4, 0.5) is 4.79 Å². The summed E-state index contributed by atoms with van der Waals surface area (Å²) in [7, 11) is 3.56. The van der Waals surface area contributed by atoms with E-state index in [1.165, 1.54) is 21.2 Å². The third-order valence-corrected chi connectivity index (χ3v) is 14.1. The molecule has 4 aromatic rings. The number of pyridine rings is 1. The van der Waals surface area contributed by atoms with Crippen LogP contribution in [0.2, 0.25) is 0 Å². The van der Waals surface area contributed by atoms with Crippen LogP contribution in [0.25, 0.3) is 33.4 Å². The SMILES string of the molecule is CCn1c(-c2cccnc2[C@H](C)OC)c2c3cc(ccc31)-c1csc(n1)C[C@@]([SiH3])(NC(=O)[C@H](C(C)C)N(C)C(=O)N1CCC1)C(=O)N1CCC[C@H](N1)C(=O)OCC(C)(C)C2. The lowest BCUT2D eigenvalue weighted by Crippen LogP contribution is -2.69. The largest absolute Gasteiger partial charge is 0.464 e. The molecule has 2 saturated heterocycles. The van der Waals surface area contributed by atoms with Crippen LogP contribution in [0.5, 0.6) is 0 Å². The topological polar surface area (TPSA) is 151 Å². The lowest BCUT2D eigenvalue weighted by Gasteiger charge is -2.42. The van der Waals surface area contributed by atoms with Crippen LogP contribution in [0, 0.1) is 11.3 Å². The van der Waals surface area contributed by atoms with Crippen LogP contribution in [-0.2, 0) is 43.2 Å². The molecular weight excluding hydrogens is 797 g/mol. The summed E-state index contributed by atoms with van der Waals surface area (Å²) in [5.41, 5.74) is 9.48. The first-order chi connectivity index (χ1) is 28.6. The minimum Gasteiger partial charge on any atom is -0.464 e. The van der Waals surface area contributed by atoms with E-state index < -0.39 is 34.5 Å². The number of carbonyl (C=O) groups excluding carboxylic acids is 4. The van der Waals surface area contributed by atoms with Crippen LogP contribution in [0.1, 0.15) is 83.2 Å². The van der Waals surface area contributed by atoms with Crippen LogP contribution in [0.15, 0.2) is 41.9 Å². The van der Waals surface area contributed by atoms with Crippen molar-refractivity contribution in [3.63, 3.8) is 0 Å². The fraction of sp³-hybridized carbons (Fsp3) is 0.545. The Kier molecular flexibility index (Phi) is 12.6. The van der Waals surface area contributed by atoms with Gasteiger partial charge in [0, 0.05) is 96.0 Å². The first-order valence-corrected chi connectivity index (χ1v) is 23.1. The molecule has 60 heavy (non-hydrogen) atoms. The number of cyclic esters (lactones) is 1. The van der Waals surface area contributed by atoms with Gasteiger partial charge in [0.1, 0.15) is 17.2 Å². The van der Waals surface area contributed by atoms with Gasteiger partial charge in [0.2, 0.25) is 5.91 Å². The monoisotopic (exact) mass is 856 g/mol. The van der Waals surface area contributed by atoms with Crippen molar-refractivity contribution in [2.45, 2.75) is 104 Å². The Bertz CT molecular complexity index is 2270. The number of methoxy groups -OCH3 is 1. The predicted molar refractivity (Wildman–Crippen MR) is 236 cm³/mol. The zero-order chi connectivity index (χ0) is 43.1. The normalized spacial score (nSPS) is 21.9. The number of likely N-dealkylation sites (N-methyl/N-ethyl adjacent to an activating group) is 1. The standard InChI is InChI=1S/C44H60N8O6SSi/c1-9-51-34-16-15-28-21-30(34)31(38(51)29-13-10-17-45-36(29)27(4)57-8)22-43(5,6)25-58-40(54)32-14-11-20-52(48-32)41(55)44(60,23-35-46-33(28)24-59-35)47-39(53)37(26(2)3)49(7)42(56)50-18-12-19-50/h10,13,15-17,21,24,26-27,32,37,48H,9,11-12,14,18-20,22-23,25H2,1-8,60H3,(H,47,53)/t27-,32-,37-,44-/m0/s1. The van der Waals surface area contributed by atoms with Crippen molar-refractivity contribution in [3.8, 4) is 22.5 Å². The number of rotatable bonds is 8. The number of likely N-dealkylation sites (tertiary alicyclic amines) is 1. The molecule has 3 aliphatic heterocycles. The molecular formula is C44H60N8O6SSi. The second-order valence-electron chi connectivity index (χ2n) is 17.9. The molecule has 4 atom stereocenters. The number of benzene rings is 1. The zero-order valence-electron chi connectivity index (χ0n) is 36.5. The average molecular weight is 857 g/mol. The average Bonchev–Trinajstić information content (AvgIpc) is 3.79. The number of thiazole rings is 1. The first-order valence-electron chi connectivity index (χ1n) is 21.2. The van der Waals surface area contributed by atoms with Gasteiger partial charge >= 0.3 is 12.0 Å². The Morgan fingerprint density at radius 2 is 1.90 bits per heavy atom. The summed E-state index contributed by atoms with van der Waals surface area (Å²) in [6, 6.07) is 8.73. The first kappa shape index (κ1) is 43.4. The molecule has 0 radical (unpaired) electrons. The third-order valence-electron chi connectivity index (χ3n) is 12.3. The number of aryl methyl sites for hydroxylation is 1. The molecule has 2 fully saturated rings. The summed E-state index contributed by atoms with van der Waals surface area (Å²) in [6.45, 7) is 14.7. The highest BCUT2D eigenvalue weighted by atomic mass is 32.1. The Morgan fingerprint density at radius 1 is 1.13 bits per heavy atom. The minimum absolute atomic E-state index is 0.149. The number of hydrogen-bond donors (Lipinski definition) is 2. The van der Waals surface area contributed by atoms with Crippen molar-refractivity contribution in [3.05, 3.63) is 58.2 Å². The number of nitrogens with one attached hydrogen (secondary N) is 2. The van der Waals surface area contributed by atoms with Crippen molar-refractivity contribution in [1.82, 2.24) is 40.1 Å². The lowest BCUT2D eigenvalue weighted by molar-refractivity contribution is -0.156. The minimum atomic E-state index is -1.35. The molecule has 0 unspecified atom stereocenters. The van der Waals surface area contributed by atoms with Gasteiger partial charge in [-0.3, -0.25) is 24.4 Å². The van der Waals surface area contributed by atoms with Crippen molar-refractivity contribution in [2.24, 2.45) is 11.3 Å². The van der Waals surface area contributed by atoms with Crippen molar-refractivity contribution in [2.75, 3.05) is 40.4 Å². The van der Waals surface area contributed by atoms with E-state index in [4.69, 9.17) is 19.4 Å². The molecule has 6 bridgehead atoms. The number of fused-ring (bicyclic) bond motifs is 6. The van der Waals surface area contributed by atoms with Crippen molar-refractivity contribution in [1.29, 1.82) is 0 Å². The quantitative estimate of drug-likeness (QED) is 0.190. The van der Waals surface area contributed by atoms with Gasteiger partial charge in [0.25, 0.3) is 5.91 Å². The summed E-state index contributed by atoms with van der Waals surface area (Å²) >= 11 is 1.45. The van der Waals surface area contributed by atoms with E-state index in [0.29, 0.717) is 50.4 Å². The van der Waals surface area contributed by atoms with Gasteiger partial charge in [-0.2, -0.15) is 0 Å². The summed E-state index contributed by atoms with van der Waals surface area (Å²) in [6.07, 6.45) is 4.31. The second kappa shape index (κ2) is 17.4. The van der Waals surface area contributed by atoms with Crippen LogP contribution >= 0.6 is 11.3 Å². The molecule has 6 heterocycles. The molecule has 7 rings (SSSR count). The predicted octanol–water partition coefficient (Wildman–Crippen LogP) is 4.68. The maximum atomic E-state index is 14.8. The van der Waals surface area contributed by atoms with Gasteiger partial charge in [-0.25, -0.2) is 15.2 Å². The molecule has 0 aliphatic carbocycles. The van der Waals surface area contributed by atoms with Crippen LogP contribution in [0.3, 0.4) is 0 Å². The Balaban J connectivity index is 1.33. The maximum Gasteiger partial charge on any atom is 0.324 e. The molecule has 1 aromatic carbocycles. The molecule has 0 spiro atoms. The van der Waals surface area contributed by atoms with Crippen molar-refractivity contribution >= 4 is 56.3 Å². The summed E-state index contributed by atoms with van der Waals surface area (Å²) < 4.78 is 14.3. The van der Waals surface area contributed by atoms with Crippen molar-refractivity contribution < 1.29 is 28.7 Å². The third kappa shape index (κ3) is 8.48. The molecule has 322 valence electrons. The maximum absolute atomic E-state index is 14.8. The fourth-order valence-corrected chi connectivity index (χ4v) is 10.9. The van der Waals surface area contributed by atoms with E-state index in [9.17, 15) is 19.2 Å². The molecule has 3 aromatic heterocycles. The lowest BCUT2D eigenvalue weighted by atomic mass is 9.84. The van der Waals surface area contributed by atoms with Gasteiger partial charge in [-0.15, -0.1) is 11.3 Å². The van der Waals surface area contributed by atoms with E-state index in [1.807, 2.05) is 32.2 Å². The fourth-order valence-electron chi connectivity index (χ4n) is 8.87. The van der Waals surface area contributed by atoms with Crippen LogP contribution < -0.4 is 10.7 Å². The smallest absolute Gasteiger partial charge is 0.324 e. The highest BCUT2D eigenvalue weighted by molar-refractivity contribution is 7.10. The number of nitrogens with zero attached hydrogens (tertiary/aromatic N) is 6. The Hall–Kier alpha value is -4.64. The number of urea groups is 1. The summed E-state index contributed by atoms with van der Waals surface area (Å²) in [4.78, 5) is 69.6. The number of aromatic nitrogens is 3. The Morgan fingerprint density at radius 3 is 2.58 bits per heavy atom. The summed E-state index contributed by atoms with van der Waals surface area (Å²) in [5.74, 6) is -1.39. The van der Waals surface area contributed by atoms with E-state index in [0.717, 1.165) is 51.1 Å². The molecule has 16 heteroatoms. The van der Waals surface area contributed by atoms with Gasteiger partial charge in [0.15, 0.2) is 0 Å². The number of amides is 4. The van der Waals surface area contributed by atoms with Gasteiger partial charge < -0.3 is 29.2 Å². The highest BCUT2D eigenvalue weighted by Gasteiger charge is 2.45. The molecule has 14 nitrogen and oxygen atoms in total. The van der Waals surface area contributed by atoms with E-state index in [2.05, 4.69) is 60.3 Å². The molecule has 3 aliphatic rings.